The Hall–Kier alpha value is -2.37. The fraction of sp³-hybridized carbons (Fsp3) is 0.526. The van der Waals surface area contributed by atoms with Crippen molar-refractivity contribution in [1.82, 2.24) is 10.9 Å². The summed E-state index contributed by atoms with van der Waals surface area (Å²) in [5.41, 5.74) is 6.36. The molecule has 2 aliphatic carbocycles. The van der Waals surface area contributed by atoms with E-state index in [2.05, 4.69) is 24.7 Å². The Morgan fingerprint density at radius 3 is 2.16 bits per heavy atom. The predicted molar refractivity (Wildman–Crippen MR) is 89.0 cm³/mol. The molecule has 0 aromatic heterocycles. The lowest BCUT2D eigenvalue weighted by atomic mass is 9.79. The van der Waals surface area contributed by atoms with Crippen molar-refractivity contribution in [2.24, 2.45) is 23.7 Å². The number of hydrogen-bond acceptors (Lipinski definition) is 4. The van der Waals surface area contributed by atoms with E-state index in [-0.39, 0.29) is 11.8 Å². The minimum absolute atomic E-state index is 0.0185. The van der Waals surface area contributed by atoms with Crippen molar-refractivity contribution in [3.05, 3.63) is 35.4 Å². The van der Waals surface area contributed by atoms with Crippen LogP contribution in [0.2, 0.25) is 0 Å². The minimum Gasteiger partial charge on any atom is -0.550 e. The summed E-state index contributed by atoms with van der Waals surface area (Å²) in [6.45, 7) is 4.14. The summed E-state index contributed by atoms with van der Waals surface area (Å²) in [7, 11) is 0. The summed E-state index contributed by atoms with van der Waals surface area (Å²) in [4.78, 5) is 36.0. The Balaban J connectivity index is 1.60. The smallest absolute Gasteiger partial charge is 0.269 e. The van der Waals surface area contributed by atoms with Crippen LogP contribution < -0.4 is 16.0 Å². The molecule has 25 heavy (non-hydrogen) atoms. The number of carbonyl (C=O) groups is 3. The quantitative estimate of drug-likeness (QED) is 0.796. The second-order valence-electron chi connectivity index (χ2n) is 7.42. The molecule has 1 aromatic carbocycles. The lowest BCUT2D eigenvalue weighted by molar-refractivity contribution is -0.314. The standard InChI is InChI=1S/C19H24N2O4/c1-10(2)11-3-5-12(6-4-11)17(22)20-21-18(23)15-13-7-8-14(9-13)16(15)19(24)25/h3-6,10,13-16H,7-9H2,1-2H3,(H,20,22)(H,21,23)(H,24,25)/p-1/t13-,14-,15+,16-/m0/s1. The first-order valence-electron chi connectivity index (χ1n) is 8.79. The van der Waals surface area contributed by atoms with E-state index >= 15 is 0 Å². The predicted octanol–water partition coefficient (Wildman–Crippen LogP) is 0.983. The van der Waals surface area contributed by atoms with Crippen LogP contribution in [0.25, 0.3) is 0 Å². The van der Waals surface area contributed by atoms with E-state index in [4.69, 9.17) is 0 Å². The van der Waals surface area contributed by atoms with Crippen molar-refractivity contribution in [3.63, 3.8) is 0 Å². The summed E-state index contributed by atoms with van der Waals surface area (Å²) >= 11 is 0. The molecule has 0 spiro atoms. The van der Waals surface area contributed by atoms with Gasteiger partial charge in [0.1, 0.15) is 0 Å². The number of carboxylic acid groups (broad SMARTS) is 1. The Kier molecular flexibility index (Phi) is 4.79. The zero-order valence-electron chi connectivity index (χ0n) is 14.5. The van der Waals surface area contributed by atoms with Crippen LogP contribution in [-0.4, -0.2) is 17.8 Å². The number of fused-ring (bicyclic) bond motifs is 2. The number of aliphatic carboxylic acids is 1. The average Bonchev–Trinajstić information content (AvgIpc) is 3.20. The summed E-state index contributed by atoms with van der Waals surface area (Å²) in [6, 6.07) is 7.17. The third-order valence-corrected chi connectivity index (χ3v) is 5.63. The van der Waals surface area contributed by atoms with Crippen LogP contribution in [0.4, 0.5) is 0 Å². The lowest BCUT2D eigenvalue weighted by Crippen LogP contribution is -2.50. The number of benzene rings is 1. The van der Waals surface area contributed by atoms with Gasteiger partial charge in [0.05, 0.1) is 5.92 Å². The van der Waals surface area contributed by atoms with Crippen LogP contribution in [0.1, 0.15) is 54.9 Å². The summed E-state index contributed by atoms with van der Waals surface area (Å²) in [5, 5.41) is 11.4. The molecular formula is C19H23N2O4-. The van der Waals surface area contributed by atoms with Crippen molar-refractivity contribution < 1.29 is 19.5 Å². The number of carboxylic acids is 1. The molecule has 0 radical (unpaired) electrons. The first-order valence-corrected chi connectivity index (χ1v) is 8.79. The zero-order chi connectivity index (χ0) is 18.1. The molecule has 1 aromatic rings. The summed E-state index contributed by atoms with van der Waals surface area (Å²) in [5.74, 6) is -2.93. The lowest BCUT2D eigenvalue weighted by Gasteiger charge is -2.30. The van der Waals surface area contributed by atoms with E-state index in [0.717, 1.165) is 24.8 Å². The van der Waals surface area contributed by atoms with E-state index in [1.807, 2.05) is 12.1 Å². The first kappa shape index (κ1) is 17.5. The molecule has 6 heteroatoms. The molecule has 134 valence electrons. The zero-order valence-corrected chi connectivity index (χ0v) is 14.5. The molecule has 0 saturated heterocycles. The maximum atomic E-state index is 12.4. The molecule has 2 N–H and O–H groups in total. The van der Waals surface area contributed by atoms with Crippen molar-refractivity contribution in [2.75, 3.05) is 0 Å². The van der Waals surface area contributed by atoms with Crippen LogP contribution in [0.5, 0.6) is 0 Å². The van der Waals surface area contributed by atoms with Gasteiger partial charge in [0, 0.05) is 17.5 Å². The van der Waals surface area contributed by atoms with E-state index in [0.29, 0.717) is 11.5 Å². The molecule has 4 atom stereocenters. The highest BCUT2D eigenvalue weighted by molar-refractivity contribution is 5.96. The molecule has 2 saturated carbocycles. The number of carbonyl (C=O) groups excluding carboxylic acids is 3. The Bertz CT molecular complexity index is 683. The van der Waals surface area contributed by atoms with Gasteiger partial charge in [-0.1, -0.05) is 26.0 Å². The van der Waals surface area contributed by atoms with Crippen molar-refractivity contribution in [3.8, 4) is 0 Å². The van der Waals surface area contributed by atoms with E-state index in [9.17, 15) is 19.5 Å². The molecule has 0 unspecified atom stereocenters. The maximum Gasteiger partial charge on any atom is 0.269 e. The fourth-order valence-corrected chi connectivity index (χ4v) is 4.30. The van der Waals surface area contributed by atoms with Crippen LogP contribution >= 0.6 is 0 Å². The molecule has 0 heterocycles. The number of hydrogen-bond donors (Lipinski definition) is 2. The molecule has 2 aliphatic rings. The molecule has 3 rings (SSSR count). The average molecular weight is 343 g/mol. The van der Waals surface area contributed by atoms with Gasteiger partial charge >= 0.3 is 0 Å². The monoisotopic (exact) mass is 343 g/mol. The van der Waals surface area contributed by atoms with Gasteiger partial charge in [-0.25, -0.2) is 0 Å². The van der Waals surface area contributed by atoms with E-state index in [1.54, 1.807) is 12.1 Å². The van der Waals surface area contributed by atoms with Crippen molar-refractivity contribution >= 4 is 17.8 Å². The Morgan fingerprint density at radius 2 is 1.60 bits per heavy atom. The third kappa shape index (κ3) is 3.38. The summed E-state index contributed by atoms with van der Waals surface area (Å²) in [6.07, 6.45) is 2.44. The highest BCUT2D eigenvalue weighted by Crippen LogP contribution is 2.52. The molecule has 2 amide bonds. The van der Waals surface area contributed by atoms with Crippen LogP contribution in [0.15, 0.2) is 24.3 Å². The highest BCUT2D eigenvalue weighted by atomic mass is 16.4. The number of amides is 2. The first-order chi connectivity index (χ1) is 11.9. The van der Waals surface area contributed by atoms with Gasteiger partial charge in [-0.05, 0) is 54.7 Å². The topological polar surface area (TPSA) is 98.3 Å². The number of hydrazine groups is 1. The maximum absolute atomic E-state index is 12.4. The second-order valence-corrected chi connectivity index (χ2v) is 7.42. The SMILES string of the molecule is CC(C)c1ccc(C(=O)NNC(=O)[C@@H]2[C@H]3CC[C@@H](C3)[C@@H]2C(=O)[O-])cc1. The van der Waals surface area contributed by atoms with Gasteiger partial charge in [0.2, 0.25) is 5.91 Å². The van der Waals surface area contributed by atoms with Gasteiger partial charge in [0.15, 0.2) is 0 Å². The van der Waals surface area contributed by atoms with Gasteiger partial charge in [-0.15, -0.1) is 0 Å². The van der Waals surface area contributed by atoms with Crippen LogP contribution in [0, 0.1) is 23.7 Å². The largest absolute Gasteiger partial charge is 0.550 e. The minimum atomic E-state index is -1.16. The normalized spacial score (nSPS) is 27.3. The molecule has 0 aliphatic heterocycles. The second kappa shape index (κ2) is 6.86. The Morgan fingerprint density at radius 1 is 1.00 bits per heavy atom. The van der Waals surface area contributed by atoms with E-state index < -0.39 is 29.6 Å². The highest BCUT2D eigenvalue weighted by Gasteiger charge is 2.51. The van der Waals surface area contributed by atoms with Gasteiger partial charge < -0.3 is 9.90 Å². The molecular weight excluding hydrogens is 320 g/mol. The van der Waals surface area contributed by atoms with Gasteiger partial charge in [-0.3, -0.25) is 20.4 Å². The molecule has 2 bridgehead atoms. The van der Waals surface area contributed by atoms with Crippen LogP contribution in [-0.2, 0) is 9.59 Å². The molecule has 2 fully saturated rings. The van der Waals surface area contributed by atoms with Gasteiger partial charge in [0.25, 0.3) is 5.91 Å². The Labute approximate surface area is 147 Å². The third-order valence-electron chi connectivity index (χ3n) is 5.63. The van der Waals surface area contributed by atoms with Crippen molar-refractivity contribution in [1.29, 1.82) is 0 Å². The number of rotatable bonds is 4. The van der Waals surface area contributed by atoms with Crippen molar-refractivity contribution in [2.45, 2.75) is 39.0 Å². The summed E-state index contributed by atoms with van der Waals surface area (Å²) < 4.78 is 0. The number of nitrogens with one attached hydrogen (secondary N) is 2. The molecule has 6 nitrogen and oxygen atoms in total. The van der Waals surface area contributed by atoms with E-state index in [1.165, 1.54) is 0 Å². The van der Waals surface area contributed by atoms with Gasteiger partial charge in [-0.2, -0.15) is 0 Å². The fourth-order valence-electron chi connectivity index (χ4n) is 4.30. The van der Waals surface area contributed by atoms with Crippen LogP contribution in [0.3, 0.4) is 0 Å².